The molecule has 29 heavy (non-hydrogen) atoms. The van der Waals surface area contributed by atoms with Crippen molar-refractivity contribution in [1.82, 2.24) is 0 Å². The van der Waals surface area contributed by atoms with Gasteiger partial charge in [-0.2, -0.15) is 0 Å². The van der Waals surface area contributed by atoms with Crippen molar-refractivity contribution in [2.45, 2.75) is 73.1 Å². The highest BCUT2D eigenvalue weighted by Gasteiger charge is 2.26. The molecule has 1 aromatic carbocycles. The molecule has 1 nitrogen and oxygen atoms in total. The fourth-order valence-corrected chi connectivity index (χ4v) is 4.52. The van der Waals surface area contributed by atoms with E-state index in [9.17, 15) is 5.11 Å². The molecular formula is C28H38O. The average molecular weight is 391 g/mol. The molecule has 0 heterocycles. The van der Waals surface area contributed by atoms with Gasteiger partial charge in [-0.15, -0.1) is 0 Å². The third kappa shape index (κ3) is 5.63. The number of aliphatic hydroxyl groups excluding tert-OH is 1. The molecule has 1 N–H and O–H groups in total. The van der Waals surface area contributed by atoms with Crippen molar-refractivity contribution < 1.29 is 5.11 Å². The highest BCUT2D eigenvalue weighted by atomic mass is 16.3. The highest BCUT2D eigenvalue weighted by Crippen LogP contribution is 2.41. The number of benzene rings is 1. The minimum Gasteiger partial charge on any atom is -0.508 e. The summed E-state index contributed by atoms with van der Waals surface area (Å²) in [4.78, 5) is 0. The van der Waals surface area contributed by atoms with Crippen LogP contribution in [0, 0.1) is 19.8 Å². The van der Waals surface area contributed by atoms with Crippen LogP contribution in [0.1, 0.15) is 75.1 Å². The summed E-state index contributed by atoms with van der Waals surface area (Å²) in [6, 6.07) is 4.79. The normalized spacial score (nSPS) is 20.8. The molecule has 0 bridgehead atoms. The molecule has 0 aromatic heterocycles. The molecule has 156 valence electrons. The second-order valence-electron chi connectivity index (χ2n) is 8.69. The Morgan fingerprint density at radius 3 is 2.31 bits per heavy atom. The largest absolute Gasteiger partial charge is 0.508 e. The van der Waals surface area contributed by atoms with Gasteiger partial charge in [-0.05, 0) is 107 Å². The third-order valence-corrected chi connectivity index (χ3v) is 6.55. The van der Waals surface area contributed by atoms with E-state index in [-0.39, 0.29) is 5.76 Å². The number of rotatable bonds is 6. The SMILES string of the molecule is C=C(O)/C(=C/C)C(=C)CC1CCC(/C(C)=C/C(C)=C\C)Cc2cc(C)c(C)cc21. The van der Waals surface area contributed by atoms with Crippen LogP contribution in [0.4, 0.5) is 0 Å². The van der Waals surface area contributed by atoms with Gasteiger partial charge >= 0.3 is 0 Å². The van der Waals surface area contributed by atoms with Crippen LogP contribution in [-0.2, 0) is 6.42 Å². The maximum atomic E-state index is 9.93. The summed E-state index contributed by atoms with van der Waals surface area (Å²) in [5.41, 5.74) is 10.2. The molecule has 2 rings (SSSR count). The fourth-order valence-electron chi connectivity index (χ4n) is 4.52. The maximum Gasteiger partial charge on any atom is 0.115 e. The Morgan fingerprint density at radius 2 is 1.72 bits per heavy atom. The van der Waals surface area contributed by atoms with Crippen molar-refractivity contribution in [3.63, 3.8) is 0 Å². The van der Waals surface area contributed by atoms with E-state index in [1.54, 1.807) is 0 Å². The molecule has 0 saturated heterocycles. The average Bonchev–Trinajstić information content (AvgIpc) is 2.82. The number of hydrogen-bond acceptors (Lipinski definition) is 1. The van der Waals surface area contributed by atoms with Crippen LogP contribution in [0.5, 0.6) is 0 Å². The lowest BCUT2D eigenvalue weighted by atomic mass is 9.84. The van der Waals surface area contributed by atoms with Crippen LogP contribution in [0.2, 0.25) is 0 Å². The first-order chi connectivity index (χ1) is 13.7. The van der Waals surface area contributed by atoms with E-state index in [2.05, 4.69) is 72.1 Å². The van der Waals surface area contributed by atoms with Crippen molar-refractivity contribution in [2.24, 2.45) is 5.92 Å². The molecule has 0 amide bonds. The summed E-state index contributed by atoms with van der Waals surface area (Å²) in [6.45, 7) is 20.9. The van der Waals surface area contributed by atoms with E-state index in [1.807, 2.05) is 13.0 Å². The minimum absolute atomic E-state index is 0.116. The highest BCUT2D eigenvalue weighted by molar-refractivity contribution is 5.45. The fraction of sp³-hybridized carbons (Fsp3) is 0.429. The molecule has 0 radical (unpaired) electrons. The van der Waals surface area contributed by atoms with Crippen molar-refractivity contribution in [2.75, 3.05) is 0 Å². The van der Waals surface area contributed by atoms with Crippen molar-refractivity contribution in [3.8, 4) is 0 Å². The van der Waals surface area contributed by atoms with Gasteiger partial charge < -0.3 is 5.11 Å². The lowest BCUT2D eigenvalue weighted by molar-refractivity contribution is 0.426. The summed E-state index contributed by atoms with van der Waals surface area (Å²) < 4.78 is 0. The van der Waals surface area contributed by atoms with Crippen LogP contribution in [0.3, 0.4) is 0 Å². The summed E-state index contributed by atoms with van der Waals surface area (Å²) in [5, 5.41) is 9.93. The molecule has 1 heteroatoms. The van der Waals surface area contributed by atoms with Crippen LogP contribution >= 0.6 is 0 Å². The number of aliphatic hydroxyl groups is 1. The van der Waals surface area contributed by atoms with Crippen LogP contribution < -0.4 is 0 Å². The maximum absolute atomic E-state index is 9.93. The Balaban J connectivity index is 2.42. The van der Waals surface area contributed by atoms with Crippen molar-refractivity contribution in [3.05, 3.63) is 93.8 Å². The number of allylic oxidation sites excluding steroid dienone is 6. The number of hydrogen-bond donors (Lipinski definition) is 1. The topological polar surface area (TPSA) is 20.2 Å². The Morgan fingerprint density at radius 1 is 1.07 bits per heavy atom. The van der Waals surface area contributed by atoms with Crippen LogP contribution in [0.15, 0.2) is 71.6 Å². The van der Waals surface area contributed by atoms with E-state index in [0.717, 1.165) is 30.4 Å². The molecule has 0 saturated carbocycles. The minimum atomic E-state index is 0.116. The lowest BCUT2D eigenvalue weighted by Gasteiger charge is -2.21. The van der Waals surface area contributed by atoms with Gasteiger partial charge in [0.05, 0.1) is 0 Å². The van der Waals surface area contributed by atoms with Gasteiger partial charge in [0.1, 0.15) is 5.76 Å². The monoisotopic (exact) mass is 390 g/mol. The zero-order chi connectivity index (χ0) is 21.7. The molecule has 2 unspecified atom stereocenters. The first-order valence-corrected chi connectivity index (χ1v) is 10.8. The first-order valence-electron chi connectivity index (χ1n) is 10.8. The Hall–Kier alpha value is -2.28. The van der Waals surface area contributed by atoms with E-state index in [1.165, 1.54) is 39.8 Å². The summed E-state index contributed by atoms with van der Waals surface area (Å²) >= 11 is 0. The van der Waals surface area contributed by atoms with E-state index in [0.29, 0.717) is 11.8 Å². The molecule has 0 aliphatic heterocycles. The number of aryl methyl sites for hydroxylation is 2. The molecule has 1 aliphatic rings. The second kappa shape index (κ2) is 9.96. The molecule has 2 atom stereocenters. The lowest BCUT2D eigenvalue weighted by Crippen LogP contribution is -2.06. The van der Waals surface area contributed by atoms with Gasteiger partial charge in [-0.25, -0.2) is 0 Å². The third-order valence-electron chi connectivity index (χ3n) is 6.55. The first kappa shape index (κ1) is 23.0. The quantitative estimate of drug-likeness (QED) is 0.295. The Labute approximate surface area is 178 Å². The van der Waals surface area contributed by atoms with Gasteiger partial charge in [-0.3, -0.25) is 0 Å². The number of fused-ring (bicyclic) bond motifs is 1. The van der Waals surface area contributed by atoms with Crippen molar-refractivity contribution >= 4 is 0 Å². The van der Waals surface area contributed by atoms with Crippen LogP contribution in [-0.4, -0.2) is 5.11 Å². The van der Waals surface area contributed by atoms with Gasteiger partial charge in [0.2, 0.25) is 0 Å². The predicted octanol–water partition coefficient (Wildman–Crippen LogP) is 8.22. The van der Waals surface area contributed by atoms with Gasteiger partial charge in [-0.1, -0.05) is 54.7 Å². The molecule has 0 fully saturated rings. The zero-order valence-electron chi connectivity index (χ0n) is 19.2. The van der Waals surface area contributed by atoms with Crippen molar-refractivity contribution in [1.29, 1.82) is 0 Å². The zero-order valence-corrected chi connectivity index (χ0v) is 19.2. The standard InChI is InChI=1S/C28H38O/c1-9-18(3)13-21(6)24-11-12-25(15-22(7)27(10-2)23(8)29)28-16-20(5)19(4)14-26(28)17-24/h9-10,13-14,16,24-25,29H,7-8,11-12,15,17H2,1-6H3/b18-9-,21-13+,27-10+. The Bertz CT molecular complexity index is 876. The summed E-state index contributed by atoms with van der Waals surface area (Å²) in [6.07, 6.45) is 10.7. The smallest absolute Gasteiger partial charge is 0.115 e. The van der Waals surface area contributed by atoms with E-state index in [4.69, 9.17) is 0 Å². The molecular weight excluding hydrogens is 352 g/mol. The van der Waals surface area contributed by atoms with E-state index >= 15 is 0 Å². The second-order valence-corrected chi connectivity index (χ2v) is 8.69. The molecule has 1 aromatic rings. The predicted molar refractivity (Wildman–Crippen MR) is 128 cm³/mol. The van der Waals surface area contributed by atoms with Gasteiger partial charge in [0.15, 0.2) is 0 Å². The van der Waals surface area contributed by atoms with Gasteiger partial charge in [0.25, 0.3) is 0 Å². The Kier molecular flexibility index (Phi) is 7.90. The molecule has 0 spiro atoms. The molecule has 1 aliphatic carbocycles. The summed E-state index contributed by atoms with van der Waals surface area (Å²) in [5.74, 6) is 1.11. The van der Waals surface area contributed by atoms with E-state index < -0.39 is 0 Å². The van der Waals surface area contributed by atoms with Crippen LogP contribution in [0.25, 0.3) is 0 Å². The van der Waals surface area contributed by atoms with Gasteiger partial charge in [0, 0.05) is 5.57 Å². The summed E-state index contributed by atoms with van der Waals surface area (Å²) in [7, 11) is 0.